The van der Waals surface area contributed by atoms with Gasteiger partial charge in [0, 0.05) is 12.4 Å². The van der Waals surface area contributed by atoms with Crippen molar-refractivity contribution < 1.29 is 9.59 Å². The Balaban J connectivity index is 3.43. The maximum Gasteiger partial charge on any atom is 0.202 e. The molecule has 0 aromatic carbocycles. The van der Waals surface area contributed by atoms with Crippen molar-refractivity contribution in [3.63, 3.8) is 0 Å². The number of aromatic nitrogens is 1. The number of aromatic amines is 1. The summed E-state index contributed by atoms with van der Waals surface area (Å²) in [5.41, 5.74) is -0.599. The smallest absolute Gasteiger partial charge is 0.202 e. The Bertz CT molecular complexity index is 311. The molecule has 11 heavy (non-hydrogen) atoms. The van der Waals surface area contributed by atoms with Crippen LogP contribution in [0.3, 0.4) is 0 Å². The normalized spacial score (nSPS) is 9.09. The second kappa shape index (κ2) is 2.92. The highest BCUT2D eigenvalue weighted by Crippen LogP contribution is 1.86. The van der Waals surface area contributed by atoms with Gasteiger partial charge in [-0.15, -0.1) is 0 Å². The molecule has 0 saturated heterocycles. The van der Waals surface area contributed by atoms with E-state index >= 15 is 0 Å². The lowest BCUT2D eigenvalue weighted by molar-refractivity contribution is 0.112. The summed E-state index contributed by atoms with van der Waals surface area (Å²) in [5.74, 6) is 0. The number of pyridine rings is 1. The maximum atomic E-state index is 10.9. The first-order valence-corrected chi connectivity index (χ1v) is 2.91. The zero-order chi connectivity index (χ0) is 8.27. The summed E-state index contributed by atoms with van der Waals surface area (Å²) in [7, 11) is 0. The summed E-state index contributed by atoms with van der Waals surface area (Å²) in [4.78, 5) is 33.8. The lowest BCUT2D eigenvalue weighted by Gasteiger charge is -1.89. The molecule has 0 amide bonds. The first-order chi connectivity index (χ1) is 5.29. The second-order valence-corrected chi connectivity index (χ2v) is 1.93. The standard InChI is InChI=1S/C7H5NO3/c9-3-5-1-8-2-6(4-10)7(5)11/h1-4H,(H,8,11). The highest BCUT2D eigenvalue weighted by molar-refractivity contribution is 5.80. The van der Waals surface area contributed by atoms with Crippen LogP contribution in [0.25, 0.3) is 0 Å². The highest BCUT2D eigenvalue weighted by atomic mass is 16.1. The van der Waals surface area contributed by atoms with E-state index in [1.165, 1.54) is 12.4 Å². The minimum absolute atomic E-state index is 0.0328. The molecule has 1 N–H and O–H groups in total. The molecule has 4 nitrogen and oxygen atoms in total. The van der Waals surface area contributed by atoms with Crippen LogP contribution in [0.4, 0.5) is 0 Å². The van der Waals surface area contributed by atoms with Crippen LogP contribution in [0.5, 0.6) is 0 Å². The minimum Gasteiger partial charge on any atom is -0.366 e. The SMILES string of the molecule is O=Cc1c[nH]cc(C=O)c1=O. The molecule has 1 heterocycles. The van der Waals surface area contributed by atoms with Gasteiger partial charge in [0.25, 0.3) is 0 Å². The van der Waals surface area contributed by atoms with E-state index in [0.29, 0.717) is 12.6 Å². The fourth-order valence-corrected chi connectivity index (χ4v) is 0.694. The number of H-pyrrole nitrogens is 1. The molecule has 0 radical (unpaired) electrons. The number of carbonyl (C=O) groups excluding carboxylic acids is 2. The minimum atomic E-state index is -0.534. The number of aldehydes is 2. The Morgan fingerprint density at radius 1 is 1.09 bits per heavy atom. The molecule has 1 aromatic rings. The molecule has 0 atom stereocenters. The fourth-order valence-electron chi connectivity index (χ4n) is 0.694. The molecule has 0 spiro atoms. The molecule has 0 aliphatic carbocycles. The van der Waals surface area contributed by atoms with E-state index in [-0.39, 0.29) is 11.1 Å². The van der Waals surface area contributed by atoms with Crippen LogP contribution in [0.2, 0.25) is 0 Å². The van der Waals surface area contributed by atoms with Gasteiger partial charge < -0.3 is 4.98 Å². The van der Waals surface area contributed by atoms with Crippen LogP contribution >= 0.6 is 0 Å². The number of hydrogen-bond donors (Lipinski definition) is 1. The third-order valence-electron chi connectivity index (χ3n) is 1.26. The van der Waals surface area contributed by atoms with Gasteiger partial charge in [-0.3, -0.25) is 14.4 Å². The summed E-state index contributed by atoms with van der Waals surface area (Å²) in [6.45, 7) is 0. The van der Waals surface area contributed by atoms with Gasteiger partial charge in [0.15, 0.2) is 12.6 Å². The van der Waals surface area contributed by atoms with Crippen LogP contribution < -0.4 is 5.43 Å². The van der Waals surface area contributed by atoms with Crippen LogP contribution in [0.1, 0.15) is 20.7 Å². The Labute approximate surface area is 61.9 Å². The van der Waals surface area contributed by atoms with Crippen molar-refractivity contribution in [2.24, 2.45) is 0 Å². The van der Waals surface area contributed by atoms with E-state index in [4.69, 9.17) is 0 Å². The average molecular weight is 151 g/mol. The molecule has 0 unspecified atom stereocenters. The molecule has 1 aromatic heterocycles. The van der Waals surface area contributed by atoms with E-state index in [1.807, 2.05) is 0 Å². The second-order valence-electron chi connectivity index (χ2n) is 1.93. The van der Waals surface area contributed by atoms with E-state index < -0.39 is 5.43 Å². The summed E-state index contributed by atoms with van der Waals surface area (Å²) in [6, 6.07) is 0. The van der Waals surface area contributed by atoms with E-state index in [1.54, 1.807) is 0 Å². The lowest BCUT2D eigenvalue weighted by Crippen LogP contribution is -2.13. The van der Waals surface area contributed by atoms with Crippen LogP contribution in [-0.2, 0) is 0 Å². The largest absolute Gasteiger partial charge is 0.366 e. The van der Waals surface area contributed by atoms with Crippen molar-refractivity contribution in [1.29, 1.82) is 0 Å². The van der Waals surface area contributed by atoms with Gasteiger partial charge in [-0.25, -0.2) is 0 Å². The fraction of sp³-hybridized carbons (Fsp3) is 0. The third-order valence-corrected chi connectivity index (χ3v) is 1.26. The Morgan fingerprint density at radius 3 is 1.91 bits per heavy atom. The quantitative estimate of drug-likeness (QED) is 0.605. The van der Waals surface area contributed by atoms with Gasteiger partial charge in [-0.05, 0) is 0 Å². The Morgan fingerprint density at radius 2 is 1.55 bits per heavy atom. The molecule has 0 aliphatic rings. The van der Waals surface area contributed by atoms with Crippen molar-refractivity contribution in [2.75, 3.05) is 0 Å². The van der Waals surface area contributed by atoms with Crippen molar-refractivity contribution in [1.82, 2.24) is 4.98 Å². The molecule has 1 rings (SSSR count). The van der Waals surface area contributed by atoms with E-state index in [2.05, 4.69) is 4.98 Å². The van der Waals surface area contributed by atoms with E-state index in [9.17, 15) is 14.4 Å². The number of hydrogen-bond acceptors (Lipinski definition) is 3. The molecular formula is C7H5NO3. The molecule has 0 saturated carbocycles. The molecule has 4 heteroatoms. The van der Waals surface area contributed by atoms with Crippen molar-refractivity contribution in [3.8, 4) is 0 Å². The maximum absolute atomic E-state index is 10.9. The topological polar surface area (TPSA) is 67.0 Å². The first kappa shape index (κ1) is 7.40. The van der Waals surface area contributed by atoms with Crippen LogP contribution in [0.15, 0.2) is 17.2 Å². The summed E-state index contributed by atoms with van der Waals surface area (Å²) in [5, 5.41) is 0. The Hall–Kier alpha value is -1.71. The van der Waals surface area contributed by atoms with Gasteiger partial charge in [-0.2, -0.15) is 0 Å². The predicted octanol–water partition coefficient (Wildman–Crippen LogP) is -0.000100. The zero-order valence-electron chi connectivity index (χ0n) is 5.53. The number of rotatable bonds is 2. The van der Waals surface area contributed by atoms with Gasteiger partial charge in [-0.1, -0.05) is 0 Å². The monoisotopic (exact) mass is 151 g/mol. The van der Waals surface area contributed by atoms with Gasteiger partial charge >= 0.3 is 0 Å². The van der Waals surface area contributed by atoms with Crippen molar-refractivity contribution in [2.45, 2.75) is 0 Å². The third kappa shape index (κ3) is 1.24. The molecule has 0 aliphatic heterocycles. The summed E-state index contributed by atoms with van der Waals surface area (Å²) >= 11 is 0. The molecular weight excluding hydrogens is 146 g/mol. The molecule has 0 fully saturated rings. The zero-order valence-corrected chi connectivity index (χ0v) is 5.53. The lowest BCUT2D eigenvalue weighted by atomic mass is 10.2. The van der Waals surface area contributed by atoms with Crippen molar-refractivity contribution in [3.05, 3.63) is 33.7 Å². The average Bonchev–Trinajstić information content (AvgIpc) is 2.05. The van der Waals surface area contributed by atoms with E-state index in [0.717, 1.165) is 0 Å². The first-order valence-electron chi connectivity index (χ1n) is 2.91. The Kier molecular flexibility index (Phi) is 1.96. The van der Waals surface area contributed by atoms with Gasteiger partial charge in [0.2, 0.25) is 5.43 Å². The molecule has 56 valence electrons. The summed E-state index contributed by atoms with van der Waals surface area (Å²) < 4.78 is 0. The van der Waals surface area contributed by atoms with Crippen LogP contribution in [-0.4, -0.2) is 17.6 Å². The van der Waals surface area contributed by atoms with Gasteiger partial charge in [0.1, 0.15) is 0 Å². The van der Waals surface area contributed by atoms with Crippen LogP contribution in [0, 0.1) is 0 Å². The highest BCUT2D eigenvalue weighted by Gasteiger charge is 2.01. The van der Waals surface area contributed by atoms with Crippen molar-refractivity contribution >= 4 is 12.6 Å². The predicted molar refractivity (Wildman–Crippen MR) is 37.8 cm³/mol. The number of carbonyl (C=O) groups is 2. The summed E-state index contributed by atoms with van der Waals surface area (Å²) in [6.07, 6.45) is 3.32. The molecule has 0 bridgehead atoms. The number of nitrogens with one attached hydrogen (secondary N) is 1. The van der Waals surface area contributed by atoms with Gasteiger partial charge in [0.05, 0.1) is 11.1 Å².